The van der Waals surface area contributed by atoms with E-state index in [-0.39, 0.29) is 35.3 Å². The molecule has 1 aliphatic rings. The Labute approximate surface area is 229 Å². The fourth-order valence-corrected chi connectivity index (χ4v) is 3.55. The first-order valence-electron chi connectivity index (χ1n) is 13.3. The van der Waals surface area contributed by atoms with Gasteiger partial charge >= 0.3 is 0 Å². The number of aromatic nitrogens is 2. The summed E-state index contributed by atoms with van der Waals surface area (Å²) in [5.74, 6) is -0.179. The van der Waals surface area contributed by atoms with Gasteiger partial charge in [-0.1, -0.05) is 26.3 Å². The van der Waals surface area contributed by atoms with E-state index in [9.17, 15) is 14.7 Å². The van der Waals surface area contributed by atoms with E-state index in [1.54, 1.807) is 44.5 Å². The van der Waals surface area contributed by atoms with Crippen LogP contribution in [0, 0.1) is 0 Å². The van der Waals surface area contributed by atoms with E-state index in [4.69, 9.17) is 4.74 Å². The van der Waals surface area contributed by atoms with E-state index in [1.807, 2.05) is 0 Å². The SMILES string of the molecule is C=CC(C=NCCCCC)=Nc1ncc(C2CC2)nc1C(=O)Nc1ccc(OCC(C)(C)O)cc1C(=O)NC. The molecule has 0 unspecified atom stereocenters. The van der Waals surface area contributed by atoms with Gasteiger partial charge in [0.15, 0.2) is 11.5 Å². The van der Waals surface area contributed by atoms with Crippen molar-refractivity contribution in [1.82, 2.24) is 15.3 Å². The van der Waals surface area contributed by atoms with E-state index in [0.717, 1.165) is 37.8 Å². The molecule has 0 bridgehead atoms. The van der Waals surface area contributed by atoms with Gasteiger partial charge in [0.05, 0.1) is 34.5 Å². The Bertz CT molecular complexity index is 1240. The molecule has 2 amide bonds. The Kier molecular flexibility index (Phi) is 10.4. The van der Waals surface area contributed by atoms with Gasteiger partial charge in [0.2, 0.25) is 0 Å². The quantitative estimate of drug-likeness (QED) is 0.239. The number of aliphatic imine (C=N–C) groups is 2. The topological polar surface area (TPSA) is 138 Å². The number of ether oxygens (including phenoxy) is 1. The van der Waals surface area contributed by atoms with Crippen molar-refractivity contribution in [1.29, 1.82) is 0 Å². The van der Waals surface area contributed by atoms with E-state index < -0.39 is 17.4 Å². The van der Waals surface area contributed by atoms with Crippen LogP contribution in [0.2, 0.25) is 0 Å². The third-order valence-electron chi connectivity index (χ3n) is 5.84. The fourth-order valence-electron chi connectivity index (χ4n) is 3.55. The first kappa shape index (κ1) is 29.6. The van der Waals surface area contributed by atoms with Crippen LogP contribution in [0.3, 0.4) is 0 Å². The summed E-state index contributed by atoms with van der Waals surface area (Å²) in [6, 6.07) is 4.70. The van der Waals surface area contributed by atoms with E-state index >= 15 is 0 Å². The summed E-state index contributed by atoms with van der Waals surface area (Å²) in [5.41, 5.74) is 0.657. The summed E-state index contributed by atoms with van der Waals surface area (Å²) in [4.78, 5) is 44.1. The average molecular weight is 535 g/mol. The second-order valence-corrected chi connectivity index (χ2v) is 10.1. The van der Waals surface area contributed by atoms with Crippen LogP contribution < -0.4 is 15.4 Å². The first-order valence-corrected chi connectivity index (χ1v) is 13.3. The van der Waals surface area contributed by atoms with Gasteiger partial charge in [-0.25, -0.2) is 15.0 Å². The van der Waals surface area contributed by atoms with Crippen molar-refractivity contribution in [2.75, 3.05) is 25.5 Å². The Balaban J connectivity index is 1.91. The van der Waals surface area contributed by atoms with Crippen molar-refractivity contribution in [3.05, 3.63) is 54.0 Å². The maximum Gasteiger partial charge on any atom is 0.278 e. The second kappa shape index (κ2) is 13.7. The number of unbranched alkanes of at least 4 members (excludes halogenated alkanes) is 2. The van der Waals surface area contributed by atoms with Crippen LogP contribution in [-0.4, -0.2) is 64.6 Å². The van der Waals surface area contributed by atoms with Gasteiger partial charge in [0.1, 0.15) is 12.4 Å². The molecule has 1 heterocycles. The lowest BCUT2D eigenvalue weighted by atomic mass is 10.1. The van der Waals surface area contributed by atoms with Gasteiger partial charge in [-0.05, 0) is 57.4 Å². The third-order valence-corrected chi connectivity index (χ3v) is 5.84. The minimum atomic E-state index is -1.05. The number of allylic oxidation sites excluding steroid dienone is 1. The molecular weight excluding hydrogens is 496 g/mol. The minimum Gasteiger partial charge on any atom is -0.491 e. The zero-order valence-corrected chi connectivity index (χ0v) is 23.2. The summed E-state index contributed by atoms with van der Waals surface area (Å²) >= 11 is 0. The predicted octanol–water partition coefficient (Wildman–Crippen LogP) is 4.64. The number of carbonyl (C=O) groups is 2. The molecule has 3 rings (SSSR count). The van der Waals surface area contributed by atoms with Crippen LogP contribution in [0.25, 0.3) is 0 Å². The molecule has 3 N–H and O–H groups in total. The van der Waals surface area contributed by atoms with Gasteiger partial charge in [0, 0.05) is 25.7 Å². The number of rotatable bonds is 14. The fraction of sp³-hybridized carbons (Fsp3) is 0.448. The molecule has 0 radical (unpaired) electrons. The molecule has 0 aliphatic heterocycles. The molecule has 1 aromatic heterocycles. The standard InChI is InChI=1S/C29H38N6O4/c1-6-8-9-14-31-16-20(7-2)33-26-25(34-24(17-32-26)19-10-11-19)28(37)35-23-13-12-21(39-18-29(3,4)38)15-22(23)27(36)30-5/h7,12-13,15-17,19,38H,2,6,8-11,14,18H2,1,3-5H3,(H,30,36)(H,35,37). The lowest BCUT2D eigenvalue weighted by molar-refractivity contribution is 0.0285. The van der Waals surface area contributed by atoms with Crippen molar-refractivity contribution in [2.45, 2.75) is 64.4 Å². The summed E-state index contributed by atoms with van der Waals surface area (Å²) in [6.07, 6.45) is 10.0. The molecule has 0 spiro atoms. The second-order valence-electron chi connectivity index (χ2n) is 10.1. The van der Waals surface area contributed by atoms with Crippen molar-refractivity contribution < 1.29 is 19.4 Å². The average Bonchev–Trinajstić information content (AvgIpc) is 3.76. The van der Waals surface area contributed by atoms with Crippen molar-refractivity contribution >= 4 is 35.2 Å². The molecule has 1 saturated carbocycles. The lowest BCUT2D eigenvalue weighted by Gasteiger charge is -2.19. The summed E-state index contributed by atoms with van der Waals surface area (Å²) in [6.45, 7) is 9.89. The van der Waals surface area contributed by atoms with Gasteiger partial charge in [-0.15, -0.1) is 0 Å². The number of aliphatic hydroxyl groups is 1. The van der Waals surface area contributed by atoms with E-state index in [1.165, 1.54) is 13.1 Å². The van der Waals surface area contributed by atoms with E-state index in [2.05, 4.69) is 44.1 Å². The lowest BCUT2D eigenvalue weighted by Crippen LogP contribution is -2.28. The summed E-state index contributed by atoms with van der Waals surface area (Å²) in [7, 11) is 1.50. The molecule has 39 heavy (non-hydrogen) atoms. The van der Waals surface area contributed by atoms with Crippen LogP contribution in [-0.2, 0) is 0 Å². The van der Waals surface area contributed by atoms with Gasteiger partial charge in [0.25, 0.3) is 11.8 Å². The number of carbonyl (C=O) groups excluding carboxylic acids is 2. The number of nitrogens with one attached hydrogen (secondary N) is 2. The van der Waals surface area contributed by atoms with Crippen LogP contribution in [0.1, 0.15) is 85.3 Å². The molecule has 2 aromatic rings. The van der Waals surface area contributed by atoms with Crippen LogP contribution in [0.4, 0.5) is 11.5 Å². The molecule has 1 fully saturated rings. The van der Waals surface area contributed by atoms with Crippen molar-refractivity contribution in [2.24, 2.45) is 9.98 Å². The van der Waals surface area contributed by atoms with E-state index in [0.29, 0.717) is 18.0 Å². The number of anilines is 1. The van der Waals surface area contributed by atoms with Crippen LogP contribution in [0.15, 0.2) is 47.0 Å². The predicted molar refractivity (Wildman–Crippen MR) is 154 cm³/mol. The van der Waals surface area contributed by atoms with Crippen LogP contribution in [0.5, 0.6) is 5.75 Å². The highest BCUT2D eigenvalue weighted by atomic mass is 16.5. The molecule has 10 nitrogen and oxygen atoms in total. The maximum absolute atomic E-state index is 13.5. The van der Waals surface area contributed by atoms with Gasteiger partial charge in [-0.3, -0.25) is 14.6 Å². The number of hydrogen-bond donors (Lipinski definition) is 3. The van der Waals surface area contributed by atoms with Gasteiger partial charge in [-0.2, -0.15) is 0 Å². The summed E-state index contributed by atoms with van der Waals surface area (Å²) in [5, 5.41) is 15.3. The minimum absolute atomic E-state index is 0.0321. The molecule has 0 atom stereocenters. The highest BCUT2D eigenvalue weighted by Crippen LogP contribution is 2.39. The zero-order valence-electron chi connectivity index (χ0n) is 23.2. The molecular formula is C29H38N6O4. The molecule has 208 valence electrons. The van der Waals surface area contributed by atoms with Gasteiger partial charge < -0.3 is 20.5 Å². The number of nitrogens with zero attached hydrogens (tertiary/aromatic N) is 4. The number of hydrogen-bond acceptors (Lipinski definition) is 8. The highest BCUT2D eigenvalue weighted by molar-refractivity contribution is 6.36. The largest absolute Gasteiger partial charge is 0.491 e. The molecule has 1 aromatic carbocycles. The molecule has 0 saturated heterocycles. The first-order chi connectivity index (χ1) is 18.6. The Morgan fingerprint density at radius 3 is 2.67 bits per heavy atom. The summed E-state index contributed by atoms with van der Waals surface area (Å²) < 4.78 is 5.62. The number of benzene rings is 1. The number of amides is 2. The van der Waals surface area contributed by atoms with Crippen molar-refractivity contribution in [3.8, 4) is 5.75 Å². The van der Waals surface area contributed by atoms with Crippen molar-refractivity contribution in [3.63, 3.8) is 0 Å². The smallest absolute Gasteiger partial charge is 0.278 e. The molecule has 1 aliphatic carbocycles. The Morgan fingerprint density at radius 2 is 2.03 bits per heavy atom. The highest BCUT2D eigenvalue weighted by Gasteiger charge is 2.28. The third kappa shape index (κ3) is 9.10. The normalized spacial score (nSPS) is 13.8. The maximum atomic E-state index is 13.5. The Hall–Kier alpha value is -3.92. The zero-order chi connectivity index (χ0) is 28.4. The molecule has 10 heteroatoms. The van der Waals surface area contributed by atoms with Crippen LogP contribution >= 0.6 is 0 Å². The monoisotopic (exact) mass is 534 g/mol. The Morgan fingerprint density at radius 1 is 1.26 bits per heavy atom.